The normalized spacial score (nSPS) is 13.1. The highest BCUT2D eigenvalue weighted by atomic mass is 32.2. The number of hydrogen-bond donors (Lipinski definition) is 2. The van der Waals surface area contributed by atoms with Crippen molar-refractivity contribution in [2.75, 3.05) is 13.7 Å². The molecule has 130 valence electrons. The Kier molecular flexibility index (Phi) is 6.58. The number of aryl methyl sites for hydroxylation is 2. The fraction of sp³-hybridized carbons (Fsp3) is 0.562. The molecule has 0 bridgehead atoms. The van der Waals surface area contributed by atoms with Gasteiger partial charge in [0.2, 0.25) is 10.0 Å². The summed E-state index contributed by atoms with van der Waals surface area (Å²) in [5, 5.41) is 9.19. The molecule has 0 saturated heterocycles. The van der Waals surface area contributed by atoms with E-state index in [0.29, 0.717) is 23.3 Å². The standard InChI is InChI=1S/C16H25NO5S/c1-10(2)6-13(16(18)19)9-17-23(20,21)14-7-11(3)15(22-5)12(4)8-14/h7-8,10,13,17H,6,9H2,1-5H3,(H,18,19). The number of carboxylic acids is 1. The molecule has 0 aromatic heterocycles. The first kappa shape index (κ1) is 19.4. The van der Waals surface area contributed by atoms with Crippen molar-refractivity contribution >= 4 is 16.0 Å². The third kappa shape index (κ3) is 5.21. The van der Waals surface area contributed by atoms with Crippen LogP contribution in [0.1, 0.15) is 31.4 Å². The predicted octanol–water partition coefficient (Wildman–Crippen LogP) is 2.34. The molecule has 7 heteroatoms. The van der Waals surface area contributed by atoms with Gasteiger partial charge in [0.05, 0.1) is 17.9 Å². The Morgan fingerprint density at radius 1 is 1.26 bits per heavy atom. The van der Waals surface area contributed by atoms with Crippen molar-refractivity contribution in [2.45, 2.75) is 39.0 Å². The first-order valence-corrected chi connectivity index (χ1v) is 8.94. The molecule has 0 heterocycles. The van der Waals surface area contributed by atoms with Crippen LogP contribution in [0.4, 0.5) is 0 Å². The molecule has 0 spiro atoms. The minimum Gasteiger partial charge on any atom is -0.496 e. The second-order valence-electron chi connectivity index (χ2n) is 6.11. The maximum atomic E-state index is 12.4. The number of carbonyl (C=O) groups is 1. The molecule has 1 rings (SSSR count). The Bertz CT molecular complexity index is 644. The minimum atomic E-state index is -3.76. The average molecular weight is 343 g/mol. The number of ether oxygens (including phenoxy) is 1. The van der Waals surface area contributed by atoms with E-state index in [4.69, 9.17) is 4.74 Å². The summed E-state index contributed by atoms with van der Waals surface area (Å²) in [6.07, 6.45) is 0.415. The van der Waals surface area contributed by atoms with Crippen LogP contribution in [0.25, 0.3) is 0 Å². The van der Waals surface area contributed by atoms with Gasteiger partial charge < -0.3 is 9.84 Å². The van der Waals surface area contributed by atoms with Crippen LogP contribution in [0.2, 0.25) is 0 Å². The molecule has 2 N–H and O–H groups in total. The number of hydrogen-bond acceptors (Lipinski definition) is 4. The summed E-state index contributed by atoms with van der Waals surface area (Å²) in [6, 6.07) is 3.04. The average Bonchev–Trinajstić information content (AvgIpc) is 2.42. The number of nitrogens with one attached hydrogen (secondary N) is 1. The lowest BCUT2D eigenvalue weighted by molar-refractivity contribution is -0.142. The van der Waals surface area contributed by atoms with Crippen molar-refractivity contribution in [3.8, 4) is 5.75 Å². The molecule has 23 heavy (non-hydrogen) atoms. The molecule has 0 aliphatic carbocycles. The van der Waals surface area contributed by atoms with Crippen LogP contribution >= 0.6 is 0 Å². The van der Waals surface area contributed by atoms with E-state index < -0.39 is 21.9 Å². The van der Waals surface area contributed by atoms with Crippen molar-refractivity contribution in [3.63, 3.8) is 0 Å². The van der Waals surface area contributed by atoms with E-state index in [1.54, 1.807) is 13.8 Å². The van der Waals surface area contributed by atoms with E-state index in [0.717, 1.165) is 0 Å². The van der Waals surface area contributed by atoms with Gasteiger partial charge in [-0.05, 0) is 49.4 Å². The van der Waals surface area contributed by atoms with Crippen molar-refractivity contribution in [2.24, 2.45) is 11.8 Å². The first-order valence-electron chi connectivity index (χ1n) is 7.46. The zero-order valence-corrected chi connectivity index (χ0v) is 15.0. The number of carboxylic acid groups (broad SMARTS) is 1. The Morgan fingerprint density at radius 2 is 1.78 bits per heavy atom. The highest BCUT2D eigenvalue weighted by Crippen LogP contribution is 2.26. The van der Waals surface area contributed by atoms with Gasteiger partial charge in [-0.25, -0.2) is 13.1 Å². The fourth-order valence-electron chi connectivity index (χ4n) is 2.52. The van der Waals surface area contributed by atoms with Crippen molar-refractivity contribution < 1.29 is 23.1 Å². The monoisotopic (exact) mass is 343 g/mol. The van der Waals surface area contributed by atoms with E-state index in [-0.39, 0.29) is 17.4 Å². The van der Waals surface area contributed by atoms with E-state index >= 15 is 0 Å². The number of aliphatic carboxylic acids is 1. The van der Waals surface area contributed by atoms with Crippen LogP contribution in [0, 0.1) is 25.7 Å². The Labute approximate surface area is 137 Å². The summed E-state index contributed by atoms with van der Waals surface area (Å²) in [4.78, 5) is 11.3. The maximum absolute atomic E-state index is 12.4. The van der Waals surface area contributed by atoms with Crippen LogP contribution in [0.15, 0.2) is 17.0 Å². The van der Waals surface area contributed by atoms with E-state index in [9.17, 15) is 18.3 Å². The third-order valence-corrected chi connectivity index (χ3v) is 4.98. The summed E-state index contributed by atoms with van der Waals surface area (Å²) in [6.45, 7) is 7.22. The minimum absolute atomic E-state index is 0.113. The number of sulfonamides is 1. The van der Waals surface area contributed by atoms with Gasteiger partial charge in [0.25, 0.3) is 0 Å². The Hall–Kier alpha value is -1.60. The fourth-order valence-corrected chi connectivity index (χ4v) is 3.77. The summed E-state index contributed by atoms with van der Waals surface area (Å²) in [5.41, 5.74) is 1.43. The van der Waals surface area contributed by atoms with Gasteiger partial charge in [0.15, 0.2) is 0 Å². The molecular weight excluding hydrogens is 318 g/mol. The lowest BCUT2D eigenvalue weighted by Crippen LogP contribution is -2.33. The first-order chi connectivity index (χ1) is 10.6. The summed E-state index contributed by atoms with van der Waals surface area (Å²) < 4.78 is 32.4. The van der Waals surface area contributed by atoms with Crippen LogP contribution in [0.3, 0.4) is 0 Å². The lowest BCUT2D eigenvalue weighted by atomic mass is 9.98. The summed E-state index contributed by atoms with van der Waals surface area (Å²) in [7, 11) is -2.23. The third-order valence-electron chi connectivity index (χ3n) is 3.57. The van der Waals surface area contributed by atoms with Gasteiger partial charge >= 0.3 is 5.97 Å². The van der Waals surface area contributed by atoms with Crippen LogP contribution in [-0.4, -0.2) is 33.1 Å². The molecule has 0 fully saturated rings. The molecule has 0 amide bonds. The molecule has 1 aromatic carbocycles. The molecule has 0 radical (unpaired) electrons. The smallest absolute Gasteiger partial charge is 0.307 e. The van der Waals surface area contributed by atoms with Crippen LogP contribution in [0.5, 0.6) is 5.75 Å². The number of benzene rings is 1. The van der Waals surface area contributed by atoms with E-state index in [1.165, 1.54) is 19.2 Å². The zero-order valence-electron chi connectivity index (χ0n) is 14.2. The second-order valence-corrected chi connectivity index (χ2v) is 7.87. The molecule has 1 unspecified atom stereocenters. The van der Waals surface area contributed by atoms with E-state index in [1.807, 2.05) is 13.8 Å². The van der Waals surface area contributed by atoms with Gasteiger partial charge in [-0.15, -0.1) is 0 Å². The molecule has 1 aromatic rings. The maximum Gasteiger partial charge on any atom is 0.307 e. The quantitative estimate of drug-likeness (QED) is 0.756. The Balaban J connectivity index is 2.97. The van der Waals surface area contributed by atoms with Crippen molar-refractivity contribution in [3.05, 3.63) is 23.3 Å². The molecule has 6 nitrogen and oxygen atoms in total. The summed E-state index contributed by atoms with van der Waals surface area (Å²) in [5.74, 6) is -0.924. The SMILES string of the molecule is COc1c(C)cc(S(=O)(=O)NCC(CC(C)C)C(=O)O)cc1C. The number of methoxy groups -OCH3 is 1. The number of rotatable bonds is 8. The van der Waals surface area contributed by atoms with Gasteiger partial charge in [0, 0.05) is 6.54 Å². The predicted molar refractivity (Wildman–Crippen MR) is 88.2 cm³/mol. The van der Waals surface area contributed by atoms with Crippen molar-refractivity contribution in [1.82, 2.24) is 4.72 Å². The van der Waals surface area contributed by atoms with Gasteiger partial charge in [-0.3, -0.25) is 4.79 Å². The highest BCUT2D eigenvalue weighted by Gasteiger charge is 2.23. The zero-order chi connectivity index (χ0) is 17.8. The lowest BCUT2D eigenvalue weighted by Gasteiger charge is -2.16. The molecule has 0 aliphatic rings. The topological polar surface area (TPSA) is 92.7 Å². The van der Waals surface area contributed by atoms with Gasteiger partial charge in [-0.2, -0.15) is 0 Å². The molecule has 1 atom stereocenters. The van der Waals surface area contributed by atoms with Crippen LogP contribution in [-0.2, 0) is 14.8 Å². The van der Waals surface area contributed by atoms with E-state index in [2.05, 4.69) is 4.72 Å². The van der Waals surface area contributed by atoms with Crippen molar-refractivity contribution in [1.29, 1.82) is 0 Å². The Morgan fingerprint density at radius 3 is 2.17 bits per heavy atom. The molecule has 0 aliphatic heterocycles. The summed E-state index contributed by atoms with van der Waals surface area (Å²) >= 11 is 0. The van der Waals surface area contributed by atoms with Crippen LogP contribution < -0.4 is 9.46 Å². The largest absolute Gasteiger partial charge is 0.496 e. The molecule has 0 saturated carbocycles. The highest BCUT2D eigenvalue weighted by molar-refractivity contribution is 7.89. The van der Waals surface area contributed by atoms with Gasteiger partial charge in [0.1, 0.15) is 5.75 Å². The molecular formula is C16H25NO5S. The second kappa shape index (κ2) is 7.79. The van der Waals surface area contributed by atoms with Gasteiger partial charge in [-0.1, -0.05) is 13.8 Å².